The van der Waals surface area contributed by atoms with Gasteiger partial charge in [-0.25, -0.2) is 4.79 Å². The molecule has 36 heavy (non-hydrogen) atoms. The molecule has 0 spiro atoms. The molecule has 0 aromatic heterocycles. The van der Waals surface area contributed by atoms with Crippen molar-refractivity contribution in [1.82, 2.24) is 0 Å². The van der Waals surface area contributed by atoms with Crippen LogP contribution in [0.2, 0.25) is 0 Å². The van der Waals surface area contributed by atoms with Gasteiger partial charge in [0.1, 0.15) is 0 Å². The molecule has 0 radical (unpaired) electrons. The Morgan fingerprint density at radius 1 is 0.750 bits per heavy atom. The molecule has 0 unspecified atom stereocenters. The lowest BCUT2D eigenvalue weighted by Gasteiger charge is -2.27. The third kappa shape index (κ3) is 4.60. The largest absolute Gasteiger partial charge is 0.465 e. The normalized spacial score (nSPS) is 11.3. The first-order chi connectivity index (χ1) is 17.6. The van der Waals surface area contributed by atoms with Gasteiger partial charge in [-0.05, 0) is 94.5 Å². The smallest absolute Gasteiger partial charge is 0.337 e. The van der Waals surface area contributed by atoms with Crippen molar-refractivity contribution < 1.29 is 9.53 Å². The second-order valence-corrected chi connectivity index (χ2v) is 8.96. The van der Waals surface area contributed by atoms with E-state index in [-0.39, 0.29) is 5.97 Å². The zero-order valence-corrected chi connectivity index (χ0v) is 20.9. The molecular weight excluding hydrogens is 442 g/mol. The van der Waals surface area contributed by atoms with Crippen molar-refractivity contribution in [1.29, 1.82) is 0 Å². The Labute approximate surface area is 212 Å². The number of hydrogen-bond acceptors (Lipinski definition) is 3. The monoisotopic (exact) mass is 471 g/mol. The molecule has 0 amide bonds. The fourth-order valence-electron chi connectivity index (χ4n) is 4.57. The van der Waals surface area contributed by atoms with Crippen LogP contribution >= 0.6 is 0 Å². The van der Waals surface area contributed by atoms with E-state index < -0.39 is 0 Å². The molecule has 3 nitrogen and oxygen atoms in total. The van der Waals surface area contributed by atoms with Gasteiger partial charge < -0.3 is 9.64 Å². The van der Waals surface area contributed by atoms with Gasteiger partial charge in [0.05, 0.1) is 12.7 Å². The summed E-state index contributed by atoms with van der Waals surface area (Å²) in [6.45, 7) is 4.30. The lowest BCUT2D eigenvalue weighted by Crippen LogP contribution is -2.10. The van der Waals surface area contributed by atoms with Crippen LogP contribution in [0.4, 0.5) is 17.1 Å². The highest BCUT2D eigenvalue weighted by Gasteiger charge is 2.15. The number of carbonyl (C=O) groups excluding carboxylic acids is 1. The van der Waals surface area contributed by atoms with E-state index in [0.717, 1.165) is 34.3 Å². The molecular formula is C33H29NO2. The molecule has 0 heterocycles. The van der Waals surface area contributed by atoms with Crippen LogP contribution < -0.4 is 4.90 Å². The fraction of sp³-hybridized carbons (Fsp3) is 0.121. The van der Waals surface area contributed by atoms with Crippen molar-refractivity contribution in [3.63, 3.8) is 0 Å². The van der Waals surface area contributed by atoms with Gasteiger partial charge in [0, 0.05) is 17.1 Å². The van der Waals surface area contributed by atoms with E-state index in [0.29, 0.717) is 5.56 Å². The number of hydrogen-bond donors (Lipinski definition) is 0. The molecule has 0 aliphatic carbocycles. The number of carbonyl (C=O) groups is 1. The Kier molecular flexibility index (Phi) is 6.55. The minimum Gasteiger partial charge on any atom is -0.465 e. The average molecular weight is 472 g/mol. The second-order valence-electron chi connectivity index (χ2n) is 8.96. The zero-order chi connectivity index (χ0) is 25.1. The highest BCUT2D eigenvalue weighted by Crippen LogP contribution is 2.38. The molecule has 0 N–H and O–H groups in total. The van der Waals surface area contributed by atoms with Crippen molar-refractivity contribution in [3.8, 4) is 0 Å². The van der Waals surface area contributed by atoms with Crippen LogP contribution in [0, 0.1) is 6.92 Å². The Balaban J connectivity index is 1.68. The third-order valence-corrected chi connectivity index (χ3v) is 6.55. The van der Waals surface area contributed by atoms with Crippen LogP contribution in [0.5, 0.6) is 0 Å². The summed E-state index contributed by atoms with van der Waals surface area (Å²) in [6, 6.07) is 33.7. The van der Waals surface area contributed by atoms with E-state index in [1.165, 1.54) is 29.0 Å². The van der Waals surface area contributed by atoms with Crippen LogP contribution in [-0.4, -0.2) is 13.1 Å². The number of aryl methyl sites for hydroxylation is 1. The van der Waals surface area contributed by atoms with E-state index >= 15 is 0 Å². The molecule has 178 valence electrons. The van der Waals surface area contributed by atoms with Gasteiger partial charge >= 0.3 is 5.97 Å². The number of allylic oxidation sites excluding steroid dienone is 1. The number of anilines is 3. The van der Waals surface area contributed by atoms with E-state index in [9.17, 15) is 4.79 Å². The van der Waals surface area contributed by atoms with Gasteiger partial charge in [0.25, 0.3) is 0 Å². The van der Waals surface area contributed by atoms with Crippen molar-refractivity contribution in [2.75, 3.05) is 12.0 Å². The Hall–Kier alpha value is -4.37. The molecule has 0 saturated heterocycles. The minimum absolute atomic E-state index is 0.328. The van der Waals surface area contributed by atoms with Gasteiger partial charge in [-0.3, -0.25) is 0 Å². The topological polar surface area (TPSA) is 29.5 Å². The number of nitrogens with zero attached hydrogens (tertiary/aromatic N) is 1. The summed E-state index contributed by atoms with van der Waals surface area (Å²) in [6.07, 6.45) is 5.39. The third-order valence-electron chi connectivity index (χ3n) is 6.55. The molecule has 5 aromatic rings. The number of benzene rings is 5. The SMILES string of the molecule is CC/C=C\c1cc(N(c2ccc3ccccc3c2)c2ccc3cc(C(=O)OC)ccc3c2)ccc1C. The predicted molar refractivity (Wildman–Crippen MR) is 152 cm³/mol. The summed E-state index contributed by atoms with van der Waals surface area (Å²) in [5.41, 5.74) is 6.25. The molecule has 0 aliphatic rings. The highest BCUT2D eigenvalue weighted by atomic mass is 16.5. The summed E-state index contributed by atoms with van der Waals surface area (Å²) < 4.78 is 4.89. The standard InChI is InChI=1S/C33H29NO2/c1-4-5-8-25-20-30(16-11-23(25)2)34(31-17-14-24-9-6-7-10-26(24)21-31)32-18-15-27-19-29(33(35)36-3)13-12-28(27)22-32/h5-22H,4H2,1-3H3/b8-5-. The summed E-state index contributed by atoms with van der Waals surface area (Å²) in [5, 5.41) is 4.46. The summed E-state index contributed by atoms with van der Waals surface area (Å²) in [5.74, 6) is -0.328. The molecule has 5 aromatic carbocycles. The maximum atomic E-state index is 12.0. The predicted octanol–water partition coefficient (Wildman–Crippen LogP) is 8.98. The summed E-state index contributed by atoms with van der Waals surface area (Å²) >= 11 is 0. The number of esters is 1. The van der Waals surface area contributed by atoms with Crippen molar-refractivity contribution in [2.24, 2.45) is 0 Å². The fourth-order valence-corrected chi connectivity index (χ4v) is 4.57. The van der Waals surface area contributed by atoms with E-state index in [4.69, 9.17) is 4.74 Å². The second kappa shape index (κ2) is 10.1. The summed E-state index contributed by atoms with van der Waals surface area (Å²) in [7, 11) is 1.41. The minimum atomic E-state index is -0.328. The first-order valence-corrected chi connectivity index (χ1v) is 12.3. The first-order valence-electron chi connectivity index (χ1n) is 12.3. The molecule has 0 saturated carbocycles. The zero-order valence-electron chi connectivity index (χ0n) is 20.9. The quantitative estimate of drug-likeness (QED) is 0.231. The number of rotatable bonds is 6. The van der Waals surface area contributed by atoms with Gasteiger partial charge in [0.15, 0.2) is 0 Å². The Bertz CT molecular complexity index is 1600. The maximum Gasteiger partial charge on any atom is 0.337 e. The van der Waals surface area contributed by atoms with E-state index in [2.05, 4.69) is 110 Å². The number of methoxy groups -OCH3 is 1. The van der Waals surface area contributed by atoms with Gasteiger partial charge in [-0.15, -0.1) is 0 Å². The van der Waals surface area contributed by atoms with Crippen LogP contribution in [0.3, 0.4) is 0 Å². The molecule has 0 atom stereocenters. The average Bonchev–Trinajstić information content (AvgIpc) is 2.92. The van der Waals surface area contributed by atoms with E-state index in [1.54, 1.807) is 0 Å². The van der Waals surface area contributed by atoms with Crippen LogP contribution in [0.15, 0.2) is 103 Å². The molecule has 5 rings (SSSR count). The van der Waals surface area contributed by atoms with Gasteiger partial charge in [-0.2, -0.15) is 0 Å². The molecule has 0 bridgehead atoms. The summed E-state index contributed by atoms with van der Waals surface area (Å²) in [4.78, 5) is 14.3. The van der Waals surface area contributed by atoms with Gasteiger partial charge in [0.2, 0.25) is 0 Å². The number of ether oxygens (including phenoxy) is 1. The molecule has 3 heteroatoms. The molecule has 0 fully saturated rings. The van der Waals surface area contributed by atoms with E-state index in [1.807, 2.05) is 18.2 Å². The van der Waals surface area contributed by atoms with Crippen LogP contribution in [0.1, 0.15) is 34.8 Å². The Morgan fingerprint density at radius 3 is 2.06 bits per heavy atom. The molecule has 0 aliphatic heterocycles. The van der Waals surface area contributed by atoms with Crippen LogP contribution in [-0.2, 0) is 4.74 Å². The highest BCUT2D eigenvalue weighted by molar-refractivity contribution is 5.97. The number of fused-ring (bicyclic) bond motifs is 2. The van der Waals surface area contributed by atoms with Crippen molar-refractivity contribution in [2.45, 2.75) is 20.3 Å². The van der Waals surface area contributed by atoms with Gasteiger partial charge in [-0.1, -0.05) is 67.6 Å². The van der Waals surface area contributed by atoms with Crippen LogP contribution in [0.25, 0.3) is 27.6 Å². The van der Waals surface area contributed by atoms with Crippen molar-refractivity contribution >= 4 is 50.7 Å². The lowest BCUT2D eigenvalue weighted by molar-refractivity contribution is 0.0601. The maximum absolute atomic E-state index is 12.0. The van der Waals surface area contributed by atoms with Crippen molar-refractivity contribution in [3.05, 3.63) is 120 Å². The Morgan fingerprint density at radius 2 is 1.33 bits per heavy atom. The first kappa shape index (κ1) is 23.4. The lowest BCUT2D eigenvalue weighted by atomic mass is 10.0.